The van der Waals surface area contributed by atoms with Crippen molar-refractivity contribution in [3.05, 3.63) is 108 Å². The Bertz CT molecular complexity index is 988. The number of nitrogens with one attached hydrogen (secondary N) is 1. The topological polar surface area (TPSA) is 49.4 Å². The lowest BCUT2D eigenvalue weighted by Crippen LogP contribution is -2.51. The standard InChI is InChI=1S/C29H34N2O2/c1-23(2)21-30-29(33)27(20-25-14-8-4-9-15-25)31(22-26-16-10-5-11-17-26)28(32)19-18-24-12-6-3-7-13-24/h3-17,23,27H,18-22H2,1-2H3,(H,30,33)/t27-/m1/s1. The predicted molar refractivity (Wildman–Crippen MR) is 134 cm³/mol. The van der Waals surface area contributed by atoms with Gasteiger partial charge in [0, 0.05) is 25.9 Å². The summed E-state index contributed by atoms with van der Waals surface area (Å²) in [5.41, 5.74) is 3.17. The van der Waals surface area contributed by atoms with Gasteiger partial charge in [-0.25, -0.2) is 0 Å². The SMILES string of the molecule is CC(C)CNC(=O)[C@@H](Cc1ccccc1)N(Cc1ccccc1)C(=O)CCc1ccccc1. The number of nitrogens with zero attached hydrogens (tertiary/aromatic N) is 1. The highest BCUT2D eigenvalue weighted by atomic mass is 16.2. The van der Waals surface area contributed by atoms with E-state index in [-0.39, 0.29) is 11.8 Å². The number of hydrogen-bond acceptors (Lipinski definition) is 2. The molecule has 0 aromatic heterocycles. The van der Waals surface area contributed by atoms with Gasteiger partial charge in [0.1, 0.15) is 6.04 Å². The zero-order valence-corrected chi connectivity index (χ0v) is 19.6. The molecule has 1 atom stereocenters. The van der Waals surface area contributed by atoms with Gasteiger partial charge in [0.15, 0.2) is 0 Å². The van der Waals surface area contributed by atoms with Crippen LogP contribution in [0.15, 0.2) is 91.0 Å². The minimum atomic E-state index is -0.574. The van der Waals surface area contributed by atoms with E-state index in [0.29, 0.717) is 38.3 Å². The molecule has 1 N–H and O–H groups in total. The molecule has 0 saturated carbocycles. The van der Waals surface area contributed by atoms with E-state index in [4.69, 9.17) is 0 Å². The van der Waals surface area contributed by atoms with Crippen molar-refractivity contribution in [2.45, 2.75) is 45.7 Å². The Hall–Kier alpha value is -3.40. The van der Waals surface area contributed by atoms with Crippen LogP contribution in [0, 0.1) is 5.92 Å². The van der Waals surface area contributed by atoms with Gasteiger partial charge in [0.2, 0.25) is 11.8 Å². The summed E-state index contributed by atoms with van der Waals surface area (Å²) in [7, 11) is 0. The molecule has 3 aromatic rings. The molecule has 0 heterocycles. The molecule has 0 radical (unpaired) electrons. The van der Waals surface area contributed by atoms with Crippen molar-refractivity contribution in [2.24, 2.45) is 5.92 Å². The summed E-state index contributed by atoms with van der Waals surface area (Å²) in [6.07, 6.45) is 1.49. The Morgan fingerprint density at radius 1 is 0.758 bits per heavy atom. The third-order valence-electron chi connectivity index (χ3n) is 5.62. The molecule has 3 aromatic carbocycles. The van der Waals surface area contributed by atoms with Gasteiger partial charge < -0.3 is 10.2 Å². The highest BCUT2D eigenvalue weighted by Crippen LogP contribution is 2.17. The molecule has 0 aliphatic rings. The number of aryl methyl sites for hydroxylation is 1. The number of carbonyl (C=O) groups is 2. The Morgan fingerprint density at radius 2 is 1.27 bits per heavy atom. The van der Waals surface area contributed by atoms with Crippen LogP contribution in [-0.4, -0.2) is 29.3 Å². The summed E-state index contributed by atoms with van der Waals surface area (Å²) in [6, 6.07) is 29.3. The minimum absolute atomic E-state index is 0.0108. The van der Waals surface area contributed by atoms with Gasteiger partial charge in [-0.1, -0.05) is 105 Å². The van der Waals surface area contributed by atoms with Crippen molar-refractivity contribution in [1.29, 1.82) is 0 Å². The molecule has 0 aliphatic carbocycles. The quantitative estimate of drug-likeness (QED) is 0.453. The third-order valence-corrected chi connectivity index (χ3v) is 5.62. The molecule has 0 fully saturated rings. The van der Waals surface area contributed by atoms with Crippen LogP contribution in [0.25, 0.3) is 0 Å². The van der Waals surface area contributed by atoms with E-state index in [1.54, 1.807) is 4.90 Å². The molecule has 172 valence electrons. The van der Waals surface area contributed by atoms with Crippen LogP contribution < -0.4 is 5.32 Å². The fourth-order valence-corrected chi connectivity index (χ4v) is 3.80. The van der Waals surface area contributed by atoms with E-state index < -0.39 is 6.04 Å². The van der Waals surface area contributed by atoms with E-state index in [2.05, 4.69) is 19.2 Å². The summed E-state index contributed by atoms with van der Waals surface area (Å²) in [5.74, 6) is 0.225. The largest absolute Gasteiger partial charge is 0.354 e. The zero-order chi connectivity index (χ0) is 23.5. The summed E-state index contributed by atoms with van der Waals surface area (Å²) < 4.78 is 0. The van der Waals surface area contributed by atoms with E-state index in [9.17, 15) is 9.59 Å². The second kappa shape index (κ2) is 12.6. The Morgan fingerprint density at radius 3 is 1.82 bits per heavy atom. The Balaban J connectivity index is 1.86. The van der Waals surface area contributed by atoms with Crippen molar-refractivity contribution in [3.8, 4) is 0 Å². The lowest BCUT2D eigenvalue weighted by Gasteiger charge is -2.32. The molecule has 0 saturated heterocycles. The van der Waals surface area contributed by atoms with Crippen LogP contribution in [0.4, 0.5) is 0 Å². The molecule has 2 amide bonds. The first-order valence-corrected chi connectivity index (χ1v) is 11.7. The molecular weight excluding hydrogens is 408 g/mol. The van der Waals surface area contributed by atoms with E-state index in [0.717, 1.165) is 16.7 Å². The van der Waals surface area contributed by atoms with Crippen LogP contribution in [0.5, 0.6) is 0 Å². The summed E-state index contributed by atoms with van der Waals surface area (Å²) >= 11 is 0. The normalized spacial score (nSPS) is 11.7. The highest BCUT2D eigenvalue weighted by molar-refractivity contribution is 5.88. The first-order chi connectivity index (χ1) is 16.0. The first kappa shape index (κ1) is 24.2. The predicted octanol–water partition coefficient (Wildman–Crippen LogP) is 5.03. The van der Waals surface area contributed by atoms with Gasteiger partial charge in [0.05, 0.1) is 0 Å². The van der Waals surface area contributed by atoms with Gasteiger partial charge in [-0.05, 0) is 29.0 Å². The van der Waals surface area contributed by atoms with Crippen LogP contribution in [-0.2, 0) is 29.0 Å². The van der Waals surface area contributed by atoms with Crippen molar-refractivity contribution in [3.63, 3.8) is 0 Å². The lowest BCUT2D eigenvalue weighted by atomic mass is 10.0. The minimum Gasteiger partial charge on any atom is -0.354 e. The van der Waals surface area contributed by atoms with Crippen molar-refractivity contribution < 1.29 is 9.59 Å². The van der Waals surface area contributed by atoms with Crippen LogP contribution in [0.1, 0.15) is 37.0 Å². The fraction of sp³-hybridized carbons (Fsp3) is 0.310. The van der Waals surface area contributed by atoms with Gasteiger partial charge in [-0.3, -0.25) is 9.59 Å². The molecule has 0 unspecified atom stereocenters. The first-order valence-electron chi connectivity index (χ1n) is 11.7. The third kappa shape index (κ3) is 7.90. The number of amides is 2. The maximum Gasteiger partial charge on any atom is 0.243 e. The van der Waals surface area contributed by atoms with Gasteiger partial charge in [-0.15, -0.1) is 0 Å². The Labute approximate surface area is 197 Å². The maximum absolute atomic E-state index is 13.5. The number of benzene rings is 3. The smallest absolute Gasteiger partial charge is 0.243 e. The monoisotopic (exact) mass is 442 g/mol. The maximum atomic E-state index is 13.5. The highest BCUT2D eigenvalue weighted by Gasteiger charge is 2.30. The molecule has 4 heteroatoms. The van der Waals surface area contributed by atoms with Crippen LogP contribution in [0.2, 0.25) is 0 Å². The van der Waals surface area contributed by atoms with Crippen molar-refractivity contribution in [2.75, 3.05) is 6.54 Å². The molecule has 33 heavy (non-hydrogen) atoms. The zero-order valence-electron chi connectivity index (χ0n) is 19.6. The fourth-order valence-electron chi connectivity index (χ4n) is 3.80. The summed E-state index contributed by atoms with van der Waals surface area (Å²) in [6.45, 7) is 5.13. The molecule has 0 aliphatic heterocycles. The number of rotatable bonds is 11. The number of carbonyl (C=O) groups excluding carboxylic acids is 2. The van der Waals surface area contributed by atoms with Crippen LogP contribution >= 0.6 is 0 Å². The van der Waals surface area contributed by atoms with E-state index in [1.807, 2.05) is 91.0 Å². The van der Waals surface area contributed by atoms with Crippen LogP contribution in [0.3, 0.4) is 0 Å². The number of hydrogen-bond donors (Lipinski definition) is 1. The van der Waals surface area contributed by atoms with Crippen molar-refractivity contribution in [1.82, 2.24) is 10.2 Å². The second-order valence-corrected chi connectivity index (χ2v) is 8.84. The second-order valence-electron chi connectivity index (χ2n) is 8.84. The lowest BCUT2D eigenvalue weighted by molar-refractivity contribution is -0.141. The van der Waals surface area contributed by atoms with Gasteiger partial charge in [-0.2, -0.15) is 0 Å². The Kier molecular flexibility index (Phi) is 9.25. The van der Waals surface area contributed by atoms with Gasteiger partial charge >= 0.3 is 0 Å². The van der Waals surface area contributed by atoms with E-state index in [1.165, 1.54) is 0 Å². The molecule has 0 spiro atoms. The van der Waals surface area contributed by atoms with Crippen molar-refractivity contribution >= 4 is 11.8 Å². The molecular formula is C29H34N2O2. The average Bonchev–Trinajstić information content (AvgIpc) is 2.85. The van der Waals surface area contributed by atoms with E-state index >= 15 is 0 Å². The molecule has 0 bridgehead atoms. The van der Waals surface area contributed by atoms with Gasteiger partial charge in [0.25, 0.3) is 0 Å². The molecule has 3 rings (SSSR count). The summed E-state index contributed by atoms with van der Waals surface area (Å²) in [5, 5.41) is 3.06. The summed E-state index contributed by atoms with van der Waals surface area (Å²) in [4.78, 5) is 28.7. The average molecular weight is 443 g/mol. The molecule has 4 nitrogen and oxygen atoms in total.